The van der Waals surface area contributed by atoms with Gasteiger partial charge < -0.3 is 14.6 Å². The fourth-order valence-corrected chi connectivity index (χ4v) is 2.73. The molecule has 0 radical (unpaired) electrons. The lowest BCUT2D eigenvalue weighted by Crippen LogP contribution is -2.17. The van der Waals surface area contributed by atoms with Gasteiger partial charge in [-0.05, 0) is 30.3 Å². The maximum atomic E-state index is 12.5. The molecule has 0 unspecified atom stereocenters. The van der Waals surface area contributed by atoms with Crippen LogP contribution in [-0.4, -0.2) is 32.4 Å². The van der Waals surface area contributed by atoms with Gasteiger partial charge in [0.05, 0.1) is 5.69 Å². The lowest BCUT2D eigenvalue weighted by atomic mass is 10.1. The molecule has 2 heterocycles. The first kappa shape index (κ1) is 18.7. The fraction of sp³-hybridized carbons (Fsp3) is 0.0625. The molecule has 0 amide bonds. The molecule has 0 saturated carbocycles. The Hall–Kier alpha value is -3.08. The van der Waals surface area contributed by atoms with Crippen molar-refractivity contribution in [3.8, 4) is 28.7 Å². The first-order chi connectivity index (χ1) is 12.7. The number of alkyl halides is 3. The Morgan fingerprint density at radius 3 is 2.59 bits per heavy atom. The summed E-state index contributed by atoms with van der Waals surface area (Å²) in [6, 6.07) is 9.99. The van der Waals surface area contributed by atoms with Crippen molar-refractivity contribution in [2.75, 3.05) is 0 Å². The van der Waals surface area contributed by atoms with E-state index in [1.807, 2.05) is 0 Å². The summed E-state index contributed by atoms with van der Waals surface area (Å²) in [5.74, 6) is -0.409. The van der Waals surface area contributed by atoms with Crippen LogP contribution in [0, 0.1) is 0 Å². The third-order valence-corrected chi connectivity index (χ3v) is 3.60. The van der Waals surface area contributed by atoms with Crippen molar-refractivity contribution in [3.05, 3.63) is 53.1 Å². The number of halogens is 4. The zero-order chi connectivity index (χ0) is 19.6. The molecule has 27 heavy (non-hydrogen) atoms. The van der Waals surface area contributed by atoms with Crippen molar-refractivity contribution in [1.29, 1.82) is 0 Å². The average Bonchev–Trinajstić information content (AvgIpc) is 2.96. The second kappa shape index (κ2) is 7.27. The number of nitrogens with zero attached hydrogens (tertiary/aromatic N) is 3. The van der Waals surface area contributed by atoms with Crippen LogP contribution in [0.4, 0.5) is 18.0 Å². The van der Waals surface area contributed by atoms with Gasteiger partial charge in [-0.25, -0.2) is 14.5 Å². The van der Waals surface area contributed by atoms with Gasteiger partial charge in [-0.1, -0.05) is 22.0 Å². The van der Waals surface area contributed by atoms with E-state index in [2.05, 4.69) is 35.5 Å². The van der Waals surface area contributed by atoms with Gasteiger partial charge in [0.25, 0.3) is 0 Å². The van der Waals surface area contributed by atoms with Crippen LogP contribution in [0.15, 0.2) is 53.1 Å². The van der Waals surface area contributed by atoms with Gasteiger partial charge >= 0.3 is 12.5 Å². The van der Waals surface area contributed by atoms with Gasteiger partial charge in [0.15, 0.2) is 5.82 Å². The SMILES string of the molecule is O=C(O)Oc1cc(-c2cc(Br)cc(OC(F)(F)F)c2)n(-c2ccccn2)n1. The van der Waals surface area contributed by atoms with Crippen LogP contribution in [0.5, 0.6) is 11.6 Å². The molecule has 0 atom stereocenters. The van der Waals surface area contributed by atoms with E-state index in [-0.39, 0.29) is 17.1 Å². The Morgan fingerprint density at radius 2 is 1.96 bits per heavy atom. The Kier molecular flexibility index (Phi) is 5.04. The largest absolute Gasteiger partial charge is 0.573 e. The van der Waals surface area contributed by atoms with E-state index in [4.69, 9.17) is 5.11 Å². The van der Waals surface area contributed by atoms with Gasteiger partial charge in [-0.3, -0.25) is 0 Å². The molecule has 2 aromatic heterocycles. The number of hydrogen-bond donors (Lipinski definition) is 1. The topological polar surface area (TPSA) is 86.5 Å². The molecule has 11 heteroatoms. The molecule has 0 aliphatic carbocycles. The fourth-order valence-electron chi connectivity index (χ4n) is 2.26. The molecule has 0 aliphatic heterocycles. The minimum atomic E-state index is -4.86. The van der Waals surface area contributed by atoms with Crippen molar-refractivity contribution >= 4 is 22.1 Å². The predicted octanol–water partition coefficient (Wildman–Crippen LogP) is 4.65. The quantitative estimate of drug-likeness (QED) is 0.590. The summed E-state index contributed by atoms with van der Waals surface area (Å²) in [5, 5.41) is 12.8. The van der Waals surface area contributed by atoms with Crippen LogP contribution in [0.25, 0.3) is 17.1 Å². The van der Waals surface area contributed by atoms with E-state index in [0.717, 1.165) is 12.1 Å². The molecule has 1 N–H and O–H groups in total. The van der Waals surface area contributed by atoms with Crippen molar-refractivity contribution in [1.82, 2.24) is 14.8 Å². The smallest absolute Gasteiger partial charge is 0.449 e. The van der Waals surface area contributed by atoms with E-state index in [1.165, 1.54) is 23.0 Å². The summed E-state index contributed by atoms with van der Waals surface area (Å²) in [7, 11) is 0. The lowest BCUT2D eigenvalue weighted by Gasteiger charge is -2.12. The molecular formula is C16H9BrF3N3O4. The maximum Gasteiger partial charge on any atom is 0.573 e. The summed E-state index contributed by atoms with van der Waals surface area (Å²) >= 11 is 3.13. The van der Waals surface area contributed by atoms with Gasteiger partial charge in [0.2, 0.25) is 5.88 Å². The van der Waals surface area contributed by atoms with E-state index in [0.29, 0.717) is 10.3 Å². The number of aromatic nitrogens is 3. The standard InChI is InChI=1S/C16H9BrF3N3O4/c17-10-5-9(6-11(7-10)27-16(18,19)20)12-8-14(26-15(24)25)22-23(12)13-3-1-2-4-21-13/h1-8H,(H,24,25). The molecule has 0 bridgehead atoms. The van der Waals surface area contributed by atoms with E-state index in [9.17, 15) is 18.0 Å². The van der Waals surface area contributed by atoms with Gasteiger partial charge in [0, 0.05) is 22.3 Å². The maximum absolute atomic E-state index is 12.5. The molecule has 3 aromatic rings. The zero-order valence-corrected chi connectivity index (χ0v) is 14.7. The summed E-state index contributed by atoms with van der Waals surface area (Å²) in [6.07, 6.45) is -4.96. The molecule has 140 valence electrons. The second-order valence-corrected chi connectivity index (χ2v) is 5.97. The van der Waals surface area contributed by atoms with Gasteiger partial charge in [-0.2, -0.15) is 0 Å². The number of ether oxygens (including phenoxy) is 2. The van der Waals surface area contributed by atoms with E-state index >= 15 is 0 Å². The van der Waals surface area contributed by atoms with Crippen LogP contribution in [-0.2, 0) is 0 Å². The third kappa shape index (κ3) is 4.76. The Labute approximate surface area is 158 Å². The first-order valence-electron chi connectivity index (χ1n) is 7.20. The Balaban J connectivity index is 2.12. The van der Waals surface area contributed by atoms with Crippen molar-refractivity contribution in [2.45, 2.75) is 6.36 Å². The number of pyridine rings is 1. The first-order valence-corrected chi connectivity index (χ1v) is 7.99. The van der Waals surface area contributed by atoms with Crippen LogP contribution in [0.3, 0.4) is 0 Å². The van der Waals surface area contributed by atoms with E-state index < -0.39 is 18.3 Å². The molecule has 3 rings (SSSR count). The van der Waals surface area contributed by atoms with Crippen molar-refractivity contribution in [2.24, 2.45) is 0 Å². The monoisotopic (exact) mass is 443 g/mol. The number of carboxylic acid groups (broad SMARTS) is 1. The number of hydrogen-bond acceptors (Lipinski definition) is 5. The summed E-state index contributed by atoms with van der Waals surface area (Å²) in [6.45, 7) is 0. The van der Waals surface area contributed by atoms with Gasteiger partial charge in [0.1, 0.15) is 5.75 Å². The molecule has 1 aromatic carbocycles. The van der Waals surface area contributed by atoms with Gasteiger partial charge in [-0.15, -0.1) is 18.3 Å². The van der Waals surface area contributed by atoms with Crippen LogP contribution in [0.2, 0.25) is 0 Å². The predicted molar refractivity (Wildman–Crippen MR) is 89.8 cm³/mol. The summed E-state index contributed by atoms with van der Waals surface area (Å²) in [4.78, 5) is 14.9. The average molecular weight is 444 g/mol. The highest BCUT2D eigenvalue weighted by atomic mass is 79.9. The third-order valence-electron chi connectivity index (χ3n) is 3.15. The number of carbonyl (C=O) groups is 1. The lowest BCUT2D eigenvalue weighted by molar-refractivity contribution is -0.274. The number of rotatable bonds is 4. The van der Waals surface area contributed by atoms with Crippen LogP contribution < -0.4 is 9.47 Å². The summed E-state index contributed by atoms with van der Waals surface area (Å²) < 4.78 is 47.7. The number of benzene rings is 1. The highest BCUT2D eigenvalue weighted by Gasteiger charge is 2.31. The van der Waals surface area contributed by atoms with E-state index in [1.54, 1.807) is 18.2 Å². The molecule has 0 saturated heterocycles. The highest BCUT2D eigenvalue weighted by Crippen LogP contribution is 2.34. The van der Waals surface area contributed by atoms with Crippen molar-refractivity contribution < 1.29 is 32.5 Å². The minimum absolute atomic E-state index is 0.248. The molecule has 0 fully saturated rings. The molecule has 0 aliphatic rings. The minimum Gasteiger partial charge on any atom is -0.449 e. The molecule has 0 spiro atoms. The highest BCUT2D eigenvalue weighted by molar-refractivity contribution is 9.10. The van der Waals surface area contributed by atoms with Crippen molar-refractivity contribution in [3.63, 3.8) is 0 Å². The van der Waals surface area contributed by atoms with Crippen LogP contribution in [0.1, 0.15) is 0 Å². The molecular weight excluding hydrogens is 435 g/mol. The summed E-state index contributed by atoms with van der Waals surface area (Å²) in [5.41, 5.74) is 0.514. The second-order valence-electron chi connectivity index (χ2n) is 5.06. The van der Waals surface area contributed by atoms with Crippen LogP contribution >= 0.6 is 15.9 Å². The zero-order valence-electron chi connectivity index (χ0n) is 13.1. The Morgan fingerprint density at radius 1 is 1.19 bits per heavy atom. The normalized spacial score (nSPS) is 11.3. The molecule has 7 nitrogen and oxygen atoms in total. The Bertz CT molecular complexity index is 977.